The van der Waals surface area contributed by atoms with Gasteiger partial charge in [-0.15, -0.1) is 0 Å². The molecule has 98 valence electrons. The number of carbonyl (C=O) groups is 1. The van der Waals surface area contributed by atoms with Crippen LogP contribution in [0.3, 0.4) is 0 Å². The smallest absolute Gasteiger partial charge is 0.250 e. The van der Waals surface area contributed by atoms with Crippen LogP contribution in [-0.4, -0.2) is 18.0 Å². The number of anilines is 1. The van der Waals surface area contributed by atoms with Crippen LogP contribution in [0.2, 0.25) is 5.02 Å². The lowest BCUT2D eigenvalue weighted by Crippen LogP contribution is -2.44. The van der Waals surface area contributed by atoms with Crippen LogP contribution in [0, 0.1) is 5.92 Å². The van der Waals surface area contributed by atoms with Crippen LogP contribution in [0.1, 0.15) is 30.1 Å². The topological polar surface area (TPSA) is 81.1 Å². The number of primary amides is 1. The maximum Gasteiger partial charge on any atom is 0.250 e. The van der Waals surface area contributed by atoms with E-state index in [1.165, 1.54) is 12.8 Å². The van der Waals surface area contributed by atoms with E-state index in [4.69, 9.17) is 23.1 Å². The Morgan fingerprint density at radius 3 is 2.67 bits per heavy atom. The Morgan fingerprint density at radius 2 is 2.22 bits per heavy atom. The van der Waals surface area contributed by atoms with Gasteiger partial charge in [-0.1, -0.05) is 11.6 Å². The molecule has 0 radical (unpaired) electrons. The number of nitrogens with one attached hydrogen (secondary N) is 1. The molecule has 0 spiro atoms. The maximum absolute atomic E-state index is 11.1. The van der Waals surface area contributed by atoms with Crippen LogP contribution in [0.25, 0.3) is 0 Å². The zero-order valence-electron chi connectivity index (χ0n) is 10.4. The highest BCUT2D eigenvalue weighted by Gasteiger charge is 2.40. The molecule has 1 aliphatic rings. The molecule has 5 N–H and O–H groups in total. The van der Waals surface area contributed by atoms with E-state index in [0.29, 0.717) is 23.0 Å². The minimum absolute atomic E-state index is 0.114. The average Bonchev–Trinajstić information content (AvgIpc) is 3.12. The maximum atomic E-state index is 11.1. The highest BCUT2D eigenvalue weighted by molar-refractivity contribution is 6.34. The summed E-state index contributed by atoms with van der Waals surface area (Å²) in [6.07, 6.45) is 2.40. The van der Waals surface area contributed by atoms with E-state index in [0.717, 1.165) is 5.69 Å². The summed E-state index contributed by atoms with van der Waals surface area (Å²) in [6.45, 7) is 2.67. The minimum Gasteiger partial charge on any atom is -0.378 e. The molecular formula is C13H18ClN3O. The van der Waals surface area contributed by atoms with Crippen molar-refractivity contribution in [2.75, 3.05) is 11.9 Å². The Balaban J connectivity index is 2.19. The van der Waals surface area contributed by atoms with Gasteiger partial charge in [0.15, 0.2) is 0 Å². The SMILES string of the molecule is CC(CN)(Nc1ccc(C(N)=O)c(Cl)c1)C1CC1. The zero-order valence-corrected chi connectivity index (χ0v) is 11.1. The van der Waals surface area contributed by atoms with Gasteiger partial charge in [0.2, 0.25) is 5.91 Å². The predicted octanol–water partition coefficient (Wildman–Crippen LogP) is 1.98. The number of halogens is 1. The van der Waals surface area contributed by atoms with Crippen LogP contribution in [-0.2, 0) is 0 Å². The summed E-state index contributed by atoms with van der Waals surface area (Å²) in [6, 6.07) is 5.16. The monoisotopic (exact) mass is 267 g/mol. The van der Waals surface area contributed by atoms with Crippen molar-refractivity contribution in [2.24, 2.45) is 17.4 Å². The Labute approximate surface area is 112 Å². The van der Waals surface area contributed by atoms with Crippen molar-refractivity contribution in [3.05, 3.63) is 28.8 Å². The Bertz CT molecular complexity index is 473. The van der Waals surface area contributed by atoms with Gasteiger partial charge in [0, 0.05) is 17.8 Å². The van der Waals surface area contributed by atoms with E-state index >= 15 is 0 Å². The molecule has 1 aliphatic carbocycles. The van der Waals surface area contributed by atoms with Gasteiger partial charge in [-0.05, 0) is 43.9 Å². The van der Waals surface area contributed by atoms with Crippen molar-refractivity contribution < 1.29 is 4.79 Å². The molecule has 0 heterocycles. The fourth-order valence-corrected chi connectivity index (χ4v) is 2.44. The Kier molecular flexibility index (Phi) is 3.50. The van der Waals surface area contributed by atoms with Crippen LogP contribution < -0.4 is 16.8 Å². The lowest BCUT2D eigenvalue weighted by atomic mass is 9.95. The number of benzene rings is 1. The van der Waals surface area contributed by atoms with Crippen molar-refractivity contribution in [1.29, 1.82) is 0 Å². The second-order valence-corrected chi connectivity index (χ2v) is 5.49. The average molecular weight is 268 g/mol. The van der Waals surface area contributed by atoms with E-state index in [-0.39, 0.29) is 5.54 Å². The van der Waals surface area contributed by atoms with Crippen molar-refractivity contribution >= 4 is 23.2 Å². The number of hydrogen-bond acceptors (Lipinski definition) is 3. The molecule has 1 unspecified atom stereocenters. The fraction of sp³-hybridized carbons (Fsp3) is 0.462. The molecule has 0 bridgehead atoms. The first kappa shape index (κ1) is 13.2. The van der Waals surface area contributed by atoms with E-state index in [9.17, 15) is 4.79 Å². The molecule has 0 aromatic heterocycles. The van der Waals surface area contributed by atoms with Crippen molar-refractivity contribution in [3.63, 3.8) is 0 Å². The largest absolute Gasteiger partial charge is 0.378 e. The molecule has 18 heavy (non-hydrogen) atoms. The van der Waals surface area contributed by atoms with Crippen molar-refractivity contribution in [3.8, 4) is 0 Å². The first-order valence-electron chi connectivity index (χ1n) is 6.04. The number of nitrogens with two attached hydrogens (primary N) is 2. The van der Waals surface area contributed by atoms with Gasteiger partial charge in [0.1, 0.15) is 0 Å². The quantitative estimate of drug-likeness (QED) is 0.763. The third kappa shape index (κ3) is 2.60. The molecule has 5 heteroatoms. The van der Waals surface area contributed by atoms with Gasteiger partial charge < -0.3 is 16.8 Å². The standard InChI is InChI=1S/C13H18ClN3O/c1-13(7-15,8-2-3-8)17-9-4-5-10(12(16)18)11(14)6-9/h4-6,8,17H,2-3,7,15H2,1H3,(H2,16,18). The van der Waals surface area contributed by atoms with Gasteiger partial charge in [-0.3, -0.25) is 4.79 Å². The number of carbonyl (C=O) groups excluding carboxylic acids is 1. The highest BCUT2D eigenvalue weighted by Crippen LogP contribution is 2.41. The van der Waals surface area contributed by atoms with E-state index in [2.05, 4.69) is 12.2 Å². The van der Waals surface area contributed by atoms with Crippen molar-refractivity contribution in [2.45, 2.75) is 25.3 Å². The number of amides is 1. The third-order valence-electron chi connectivity index (χ3n) is 3.57. The Hall–Kier alpha value is -1.26. The Morgan fingerprint density at radius 1 is 1.56 bits per heavy atom. The summed E-state index contributed by atoms with van der Waals surface area (Å²) in [7, 11) is 0. The first-order chi connectivity index (χ1) is 8.46. The molecule has 4 nitrogen and oxygen atoms in total. The molecule has 1 atom stereocenters. The van der Waals surface area contributed by atoms with Crippen LogP contribution >= 0.6 is 11.6 Å². The molecule has 1 aromatic rings. The van der Waals surface area contributed by atoms with E-state index in [1.54, 1.807) is 12.1 Å². The van der Waals surface area contributed by atoms with Gasteiger partial charge in [-0.25, -0.2) is 0 Å². The number of rotatable bonds is 5. The molecule has 0 aliphatic heterocycles. The zero-order chi connectivity index (χ0) is 13.3. The summed E-state index contributed by atoms with van der Waals surface area (Å²) in [5.41, 5.74) is 12.1. The molecule has 0 saturated heterocycles. The summed E-state index contributed by atoms with van der Waals surface area (Å²) in [5.74, 6) is 0.0902. The molecule has 1 saturated carbocycles. The highest BCUT2D eigenvalue weighted by atomic mass is 35.5. The number of hydrogen-bond donors (Lipinski definition) is 3. The lowest BCUT2D eigenvalue weighted by Gasteiger charge is -2.31. The van der Waals surface area contributed by atoms with Crippen LogP contribution in [0.4, 0.5) is 5.69 Å². The second kappa shape index (κ2) is 4.78. The summed E-state index contributed by atoms with van der Waals surface area (Å²) in [4.78, 5) is 11.1. The summed E-state index contributed by atoms with van der Waals surface area (Å²) < 4.78 is 0. The summed E-state index contributed by atoms with van der Waals surface area (Å²) >= 11 is 6.02. The molecular weight excluding hydrogens is 250 g/mol. The van der Waals surface area contributed by atoms with E-state index < -0.39 is 5.91 Å². The van der Waals surface area contributed by atoms with Crippen LogP contribution in [0.15, 0.2) is 18.2 Å². The molecule has 1 fully saturated rings. The predicted molar refractivity (Wildman–Crippen MR) is 73.8 cm³/mol. The summed E-state index contributed by atoms with van der Waals surface area (Å²) in [5, 5.41) is 3.78. The normalized spacial score (nSPS) is 18.2. The first-order valence-corrected chi connectivity index (χ1v) is 6.41. The third-order valence-corrected chi connectivity index (χ3v) is 3.88. The molecule has 1 aromatic carbocycles. The van der Waals surface area contributed by atoms with Gasteiger partial charge in [0.25, 0.3) is 0 Å². The van der Waals surface area contributed by atoms with Crippen LogP contribution in [0.5, 0.6) is 0 Å². The fourth-order valence-electron chi connectivity index (χ4n) is 2.16. The molecule has 2 rings (SSSR count). The van der Waals surface area contributed by atoms with E-state index in [1.807, 2.05) is 6.07 Å². The van der Waals surface area contributed by atoms with Crippen molar-refractivity contribution in [1.82, 2.24) is 0 Å². The van der Waals surface area contributed by atoms with Gasteiger partial charge in [-0.2, -0.15) is 0 Å². The molecule has 1 amide bonds. The minimum atomic E-state index is -0.518. The van der Waals surface area contributed by atoms with Gasteiger partial charge >= 0.3 is 0 Å². The lowest BCUT2D eigenvalue weighted by molar-refractivity contribution is 0.100. The second-order valence-electron chi connectivity index (χ2n) is 5.08. The van der Waals surface area contributed by atoms with Gasteiger partial charge in [0.05, 0.1) is 10.6 Å².